The highest BCUT2D eigenvalue weighted by Gasteiger charge is 2.29. The number of likely N-dealkylation sites (tertiary alicyclic amines) is 1. The second kappa shape index (κ2) is 12.8. The van der Waals surface area contributed by atoms with E-state index in [2.05, 4.69) is 57.7 Å². The molecule has 2 aromatic heterocycles. The molecule has 46 heavy (non-hydrogen) atoms. The zero-order valence-corrected chi connectivity index (χ0v) is 27.0. The maximum atomic E-state index is 14.6. The Hall–Kier alpha value is -4.30. The Labute approximate surface area is 275 Å². The molecule has 12 heteroatoms. The number of pyridine rings is 1. The molecule has 1 fully saturated rings. The average molecular weight is 662 g/mol. The predicted molar refractivity (Wildman–Crippen MR) is 178 cm³/mol. The van der Waals surface area contributed by atoms with Gasteiger partial charge in [-0.15, -0.1) is 5.10 Å². The fraction of sp³-hybridized carbons (Fsp3) is 0.294. The quantitative estimate of drug-likeness (QED) is 0.180. The van der Waals surface area contributed by atoms with Crippen molar-refractivity contribution in [3.63, 3.8) is 0 Å². The Morgan fingerprint density at radius 1 is 1.00 bits per heavy atom. The molecule has 0 radical (unpaired) electrons. The molecule has 2 N–H and O–H groups in total. The van der Waals surface area contributed by atoms with Crippen LogP contribution in [0.1, 0.15) is 62.5 Å². The van der Waals surface area contributed by atoms with E-state index in [1.54, 1.807) is 24.3 Å². The van der Waals surface area contributed by atoms with Gasteiger partial charge in [-0.1, -0.05) is 46.6 Å². The molecule has 3 heterocycles. The highest BCUT2D eigenvalue weighted by Crippen LogP contribution is 2.38. The van der Waals surface area contributed by atoms with Crippen LogP contribution in [0.15, 0.2) is 67.0 Å². The average Bonchev–Trinajstić information content (AvgIpc) is 3.52. The van der Waals surface area contributed by atoms with Crippen molar-refractivity contribution >= 4 is 51.2 Å². The summed E-state index contributed by atoms with van der Waals surface area (Å²) < 4.78 is 31.2. The molecule has 0 spiro atoms. The van der Waals surface area contributed by atoms with E-state index < -0.39 is 17.7 Å². The molecule has 1 atom stereocenters. The number of anilines is 3. The molecule has 8 nitrogen and oxygen atoms in total. The molecule has 1 aliphatic rings. The van der Waals surface area contributed by atoms with Gasteiger partial charge in [0.05, 0.1) is 40.1 Å². The number of halogens is 4. The van der Waals surface area contributed by atoms with E-state index in [4.69, 9.17) is 23.2 Å². The number of nitriles is 1. The van der Waals surface area contributed by atoms with Crippen molar-refractivity contribution in [3.05, 3.63) is 105 Å². The van der Waals surface area contributed by atoms with E-state index in [1.165, 1.54) is 12.3 Å². The number of benzene rings is 3. The Bertz CT molecular complexity index is 1900. The summed E-state index contributed by atoms with van der Waals surface area (Å²) in [5.41, 5.74) is 2.51. The van der Waals surface area contributed by atoms with Gasteiger partial charge in [0, 0.05) is 40.9 Å². The number of fused-ring (bicyclic) bond motifs is 1. The SMILES string of the molecule is CC(C)(C)N1CCC(n2cc([C@@H](Nc3cc(Cl)c4ncc(C#N)c(Nc5c(F)cccc5F)c4c3)c3ccc(Cl)cc3)nn2)CC1. The summed E-state index contributed by atoms with van der Waals surface area (Å²) in [6, 6.07) is 16.3. The minimum atomic E-state index is -0.802. The van der Waals surface area contributed by atoms with Crippen LogP contribution >= 0.6 is 23.2 Å². The molecule has 1 aliphatic heterocycles. The van der Waals surface area contributed by atoms with Crippen LogP contribution in [0.25, 0.3) is 10.9 Å². The Kier molecular flexibility index (Phi) is 8.84. The fourth-order valence-corrected chi connectivity index (χ4v) is 6.25. The van der Waals surface area contributed by atoms with E-state index in [9.17, 15) is 14.0 Å². The third-order valence-electron chi connectivity index (χ3n) is 8.38. The van der Waals surface area contributed by atoms with E-state index in [-0.39, 0.29) is 33.5 Å². The molecule has 6 rings (SSSR count). The van der Waals surface area contributed by atoms with Gasteiger partial charge in [-0.2, -0.15) is 5.26 Å². The number of nitrogens with one attached hydrogen (secondary N) is 2. The summed E-state index contributed by atoms with van der Waals surface area (Å²) in [4.78, 5) is 6.85. The Balaban J connectivity index is 1.37. The highest BCUT2D eigenvalue weighted by molar-refractivity contribution is 6.36. The number of hydrogen-bond donors (Lipinski definition) is 2. The Morgan fingerprint density at radius 3 is 2.35 bits per heavy atom. The van der Waals surface area contributed by atoms with Crippen LogP contribution in [-0.4, -0.2) is 43.5 Å². The second-order valence-corrected chi connectivity index (χ2v) is 13.2. The lowest BCUT2D eigenvalue weighted by atomic mass is 9.98. The topological polar surface area (TPSA) is 94.7 Å². The lowest BCUT2D eigenvalue weighted by Gasteiger charge is -2.40. The lowest BCUT2D eigenvalue weighted by Crippen LogP contribution is -2.46. The van der Waals surface area contributed by atoms with Crippen LogP contribution in [0.4, 0.5) is 25.8 Å². The zero-order valence-electron chi connectivity index (χ0n) is 25.5. The largest absolute Gasteiger partial charge is 0.373 e. The van der Waals surface area contributed by atoms with Gasteiger partial charge in [-0.05, 0) is 75.6 Å². The number of rotatable bonds is 7. The van der Waals surface area contributed by atoms with Crippen LogP contribution in [0.2, 0.25) is 10.0 Å². The summed E-state index contributed by atoms with van der Waals surface area (Å²) in [7, 11) is 0. The maximum absolute atomic E-state index is 14.6. The maximum Gasteiger partial charge on any atom is 0.149 e. The molecule has 236 valence electrons. The summed E-state index contributed by atoms with van der Waals surface area (Å²) in [6.45, 7) is 8.65. The van der Waals surface area contributed by atoms with E-state index >= 15 is 0 Å². The van der Waals surface area contributed by atoms with E-state index in [0.717, 1.165) is 43.6 Å². The molecule has 0 saturated carbocycles. The molecule has 0 amide bonds. The molecular weight excluding hydrogens is 629 g/mol. The normalized spacial score (nSPS) is 15.1. The molecule has 3 aromatic carbocycles. The van der Waals surface area contributed by atoms with Crippen LogP contribution in [0.3, 0.4) is 0 Å². The highest BCUT2D eigenvalue weighted by atomic mass is 35.5. The van der Waals surface area contributed by atoms with Crippen molar-refractivity contribution in [1.29, 1.82) is 5.26 Å². The number of aromatic nitrogens is 4. The van der Waals surface area contributed by atoms with Crippen LogP contribution < -0.4 is 10.6 Å². The number of piperidine rings is 1. The fourth-order valence-electron chi connectivity index (χ4n) is 5.86. The van der Waals surface area contributed by atoms with Crippen LogP contribution in [0, 0.1) is 23.0 Å². The first-order valence-corrected chi connectivity index (χ1v) is 15.7. The van der Waals surface area contributed by atoms with Gasteiger partial charge in [0.25, 0.3) is 0 Å². The number of nitrogens with zero attached hydrogens (tertiary/aromatic N) is 6. The van der Waals surface area contributed by atoms with Gasteiger partial charge in [-0.3, -0.25) is 9.88 Å². The van der Waals surface area contributed by atoms with Crippen molar-refractivity contribution in [2.75, 3.05) is 23.7 Å². The van der Waals surface area contributed by atoms with Gasteiger partial charge in [0.15, 0.2) is 0 Å². The van der Waals surface area contributed by atoms with Crippen LogP contribution in [0.5, 0.6) is 0 Å². The molecule has 5 aromatic rings. The molecule has 0 unspecified atom stereocenters. The van der Waals surface area contributed by atoms with Crippen molar-refractivity contribution in [2.24, 2.45) is 0 Å². The van der Waals surface area contributed by atoms with Gasteiger partial charge >= 0.3 is 0 Å². The third-order valence-corrected chi connectivity index (χ3v) is 8.92. The minimum absolute atomic E-state index is 0.0954. The van der Waals surface area contributed by atoms with Gasteiger partial charge in [0.2, 0.25) is 0 Å². The summed E-state index contributed by atoms with van der Waals surface area (Å²) >= 11 is 13.0. The summed E-state index contributed by atoms with van der Waals surface area (Å²) in [6.07, 6.45) is 5.22. The van der Waals surface area contributed by atoms with Crippen molar-refractivity contribution in [3.8, 4) is 6.07 Å². The predicted octanol–water partition coefficient (Wildman–Crippen LogP) is 8.66. The standard InChI is InChI=1S/C34H32Cl2F2N8/c1-34(2,3)45-13-11-24(12-14-45)46-19-29(43-44-46)31(20-7-9-22(35)10-8-20)41-23-15-25-30(42-33-27(37)5-4-6-28(33)38)21(17-39)18-40-32(25)26(36)16-23/h4-10,15-16,18-19,24,31,41H,11-14H2,1-3H3,(H,40,42)/t31-/m0/s1. The van der Waals surface area contributed by atoms with Gasteiger partial charge in [0.1, 0.15) is 29.1 Å². The van der Waals surface area contributed by atoms with E-state index in [0.29, 0.717) is 27.3 Å². The van der Waals surface area contributed by atoms with Crippen molar-refractivity contribution < 1.29 is 8.78 Å². The first-order valence-electron chi connectivity index (χ1n) is 14.9. The van der Waals surface area contributed by atoms with Crippen molar-refractivity contribution in [2.45, 2.75) is 51.2 Å². The summed E-state index contributed by atoms with van der Waals surface area (Å²) in [5.74, 6) is -1.60. The third kappa shape index (κ3) is 6.49. The van der Waals surface area contributed by atoms with Crippen LogP contribution in [-0.2, 0) is 0 Å². The first-order chi connectivity index (χ1) is 22.0. The van der Waals surface area contributed by atoms with Gasteiger partial charge < -0.3 is 10.6 Å². The van der Waals surface area contributed by atoms with Gasteiger partial charge in [-0.25, -0.2) is 13.5 Å². The van der Waals surface area contributed by atoms with Crippen molar-refractivity contribution in [1.82, 2.24) is 24.9 Å². The number of para-hydroxylation sites is 1. The monoisotopic (exact) mass is 660 g/mol. The number of hydrogen-bond acceptors (Lipinski definition) is 7. The summed E-state index contributed by atoms with van der Waals surface area (Å²) in [5, 5.41) is 26.6. The Morgan fingerprint density at radius 2 is 1.70 bits per heavy atom. The second-order valence-electron chi connectivity index (χ2n) is 12.4. The minimum Gasteiger partial charge on any atom is -0.373 e. The molecular formula is C34H32Cl2F2N8. The first kappa shape index (κ1) is 31.7. The molecule has 1 saturated heterocycles. The molecule has 0 aliphatic carbocycles. The molecule has 0 bridgehead atoms. The van der Waals surface area contributed by atoms with E-state index in [1.807, 2.05) is 23.0 Å². The lowest BCUT2D eigenvalue weighted by molar-refractivity contribution is 0.0866. The smallest absolute Gasteiger partial charge is 0.149 e. The zero-order chi connectivity index (χ0) is 32.6.